The Bertz CT molecular complexity index is 2530. The van der Waals surface area contributed by atoms with Crippen LogP contribution in [0.25, 0.3) is 17.2 Å². The fraction of sp³-hybridized carbons (Fsp3) is 0.314. The third kappa shape index (κ3) is 6.70. The Labute approximate surface area is 316 Å². The molecule has 2 N–H and O–H groups in total. The molecule has 288 valence electrons. The van der Waals surface area contributed by atoms with E-state index in [2.05, 4.69) is 20.4 Å². The Balaban J connectivity index is 1.29. The molecule has 3 aromatic heterocycles. The van der Waals surface area contributed by atoms with Gasteiger partial charge in [-0.1, -0.05) is 11.6 Å². The summed E-state index contributed by atoms with van der Waals surface area (Å²) in [6, 6.07) is 11.0. The van der Waals surface area contributed by atoms with Gasteiger partial charge in [0.1, 0.15) is 17.9 Å². The van der Waals surface area contributed by atoms with Gasteiger partial charge in [0.2, 0.25) is 21.7 Å². The highest BCUT2D eigenvalue weighted by Gasteiger charge is 2.50. The Morgan fingerprint density at radius 1 is 1.11 bits per heavy atom. The summed E-state index contributed by atoms with van der Waals surface area (Å²) in [4.78, 5) is 51.5. The number of pyridine rings is 1. The lowest BCUT2D eigenvalue weighted by atomic mass is 9.85. The number of fused-ring (bicyclic) bond motifs is 3. The van der Waals surface area contributed by atoms with E-state index in [4.69, 9.17) is 16.3 Å². The fourth-order valence-corrected chi connectivity index (χ4v) is 8.05. The first kappa shape index (κ1) is 37.9. The van der Waals surface area contributed by atoms with Crippen LogP contribution < -0.4 is 10.9 Å². The molecule has 0 aliphatic carbocycles. The monoisotopic (exact) mass is 800 g/mol. The van der Waals surface area contributed by atoms with E-state index in [1.807, 2.05) is 0 Å². The van der Waals surface area contributed by atoms with Crippen molar-refractivity contribution in [1.82, 2.24) is 33.4 Å². The molecule has 7 rings (SSSR count). The number of hydrogen-bond acceptors (Lipinski definition) is 10. The molecule has 0 radical (unpaired) electrons. The number of aromatic nitrogens is 5. The number of benzene rings is 2. The number of hydrogen-bond donors (Lipinski definition) is 2. The highest BCUT2D eigenvalue weighted by molar-refractivity contribution is 7.89. The van der Waals surface area contributed by atoms with E-state index in [1.54, 1.807) is 6.92 Å². The molecular weight excluding hydrogens is 769 g/mol. The highest BCUT2D eigenvalue weighted by Crippen LogP contribution is 2.48. The van der Waals surface area contributed by atoms with Gasteiger partial charge in [0.15, 0.2) is 11.5 Å². The number of aromatic hydroxyl groups is 1. The van der Waals surface area contributed by atoms with E-state index in [9.17, 15) is 41.1 Å². The van der Waals surface area contributed by atoms with Crippen molar-refractivity contribution in [3.63, 3.8) is 0 Å². The molecule has 5 heterocycles. The lowest BCUT2D eigenvalue weighted by molar-refractivity contribution is -0.137. The molecular formula is C35H32ClF3N8O7S. The molecule has 2 amide bonds. The van der Waals surface area contributed by atoms with E-state index >= 15 is 0 Å². The summed E-state index contributed by atoms with van der Waals surface area (Å²) in [5.41, 5.74) is -2.18. The molecule has 1 saturated heterocycles. The van der Waals surface area contributed by atoms with Gasteiger partial charge < -0.3 is 24.6 Å². The van der Waals surface area contributed by atoms with Crippen LogP contribution in [0.4, 0.5) is 18.9 Å². The summed E-state index contributed by atoms with van der Waals surface area (Å²) >= 11 is 6.13. The number of alkyl halides is 3. The second kappa shape index (κ2) is 13.7. The standard InChI is InChI=1S/C35H32ClF3N8O7S/c1-19-29-27(34(54-19)12-15-45(16-13-34)32(51)28-25(48)5-4-14-40-28)31(50)47-33(42-30(43-47)20-6-9-22(10-7-20)55(52,53)44(2)3)46(29)18-26(49)41-24-11-8-21(17-23(24)36)35(37,38)39/h4-11,14,17,19,48H,12-13,15-16,18H2,1-3H3,(H,41,49)/t19-/m1/s1. The van der Waals surface area contributed by atoms with Crippen molar-refractivity contribution in [3.8, 4) is 17.1 Å². The molecule has 1 fully saturated rings. The van der Waals surface area contributed by atoms with Crippen LogP contribution in [0.2, 0.25) is 5.02 Å². The molecule has 55 heavy (non-hydrogen) atoms. The molecule has 2 aliphatic heterocycles. The minimum absolute atomic E-state index is 0.0122. The minimum Gasteiger partial charge on any atom is -0.505 e. The average molecular weight is 801 g/mol. The number of anilines is 1. The molecule has 1 spiro atoms. The maximum Gasteiger partial charge on any atom is 0.416 e. The highest BCUT2D eigenvalue weighted by atomic mass is 35.5. The first-order valence-corrected chi connectivity index (χ1v) is 18.6. The van der Waals surface area contributed by atoms with Gasteiger partial charge in [-0.2, -0.15) is 22.7 Å². The number of carbonyl (C=O) groups is 2. The van der Waals surface area contributed by atoms with Gasteiger partial charge in [-0.3, -0.25) is 14.4 Å². The topological polar surface area (TPSA) is 181 Å². The van der Waals surface area contributed by atoms with Gasteiger partial charge in [0.05, 0.1) is 38.5 Å². The third-order valence-corrected chi connectivity index (χ3v) is 11.8. The number of ether oxygens (including phenoxy) is 1. The van der Waals surface area contributed by atoms with Crippen LogP contribution in [0.15, 0.2) is 70.5 Å². The summed E-state index contributed by atoms with van der Waals surface area (Å²) in [7, 11) is -0.962. The van der Waals surface area contributed by atoms with Crippen molar-refractivity contribution < 1.29 is 41.0 Å². The molecule has 2 aromatic carbocycles. The summed E-state index contributed by atoms with van der Waals surface area (Å²) < 4.78 is 75.2. The van der Waals surface area contributed by atoms with E-state index in [0.717, 1.165) is 21.0 Å². The Morgan fingerprint density at radius 3 is 2.42 bits per heavy atom. The maximum absolute atomic E-state index is 14.5. The van der Waals surface area contributed by atoms with Gasteiger partial charge in [0.25, 0.3) is 11.5 Å². The van der Waals surface area contributed by atoms with E-state index in [-0.39, 0.29) is 70.1 Å². The number of piperidine rings is 1. The third-order valence-electron chi connectivity index (χ3n) is 9.64. The van der Waals surface area contributed by atoms with Crippen molar-refractivity contribution in [3.05, 3.63) is 98.7 Å². The van der Waals surface area contributed by atoms with Gasteiger partial charge in [-0.05, 0) is 74.4 Å². The van der Waals surface area contributed by atoms with Crippen molar-refractivity contribution in [2.45, 2.75) is 49.1 Å². The van der Waals surface area contributed by atoms with Crippen LogP contribution in [0.1, 0.15) is 53.2 Å². The fourth-order valence-electron chi connectivity index (χ4n) is 6.92. The summed E-state index contributed by atoms with van der Waals surface area (Å²) in [5.74, 6) is -1.53. The normalized spacial score (nSPS) is 16.9. The molecule has 1 atom stereocenters. The van der Waals surface area contributed by atoms with Gasteiger partial charge >= 0.3 is 6.18 Å². The van der Waals surface area contributed by atoms with E-state index in [1.165, 1.54) is 66.2 Å². The average Bonchev–Trinajstić information content (AvgIpc) is 3.71. The quantitative estimate of drug-likeness (QED) is 0.239. The Hall–Kier alpha value is -5.37. The predicted molar refractivity (Wildman–Crippen MR) is 191 cm³/mol. The van der Waals surface area contributed by atoms with Crippen LogP contribution in [-0.2, 0) is 37.9 Å². The zero-order valence-electron chi connectivity index (χ0n) is 29.3. The molecule has 0 bridgehead atoms. The first-order valence-electron chi connectivity index (χ1n) is 16.8. The van der Waals surface area contributed by atoms with Crippen molar-refractivity contribution in [1.29, 1.82) is 0 Å². The number of halogens is 4. The summed E-state index contributed by atoms with van der Waals surface area (Å²) in [5, 5.41) is 16.9. The van der Waals surface area contributed by atoms with Gasteiger partial charge in [-0.25, -0.2) is 17.7 Å². The largest absolute Gasteiger partial charge is 0.505 e. The van der Waals surface area contributed by atoms with Crippen molar-refractivity contribution in [2.75, 3.05) is 32.5 Å². The van der Waals surface area contributed by atoms with Crippen LogP contribution in [-0.4, -0.2) is 85.9 Å². The van der Waals surface area contributed by atoms with Crippen LogP contribution in [0.3, 0.4) is 0 Å². The molecule has 2 aliphatic rings. The van der Waals surface area contributed by atoms with E-state index < -0.39 is 57.4 Å². The zero-order valence-corrected chi connectivity index (χ0v) is 30.9. The van der Waals surface area contributed by atoms with Crippen LogP contribution in [0, 0.1) is 0 Å². The van der Waals surface area contributed by atoms with Gasteiger partial charge in [0, 0.05) is 38.9 Å². The lowest BCUT2D eigenvalue weighted by Crippen LogP contribution is -2.47. The second-order valence-electron chi connectivity index (χ2n) is 13.3. The smallest absolute Gasteiger partial charge is 0.416 e. The molecule has 5 aromatic rings. The lowest BCUT2D eigenvalue weighted by Gasteiger charge is -2.39. The number of sulfonamides is 1. The number of likely N-dealkylation sites (tertiary alicyclic amines) is 1. The maximum atomic E-state index is 14.5. The minimum atomic E-state index is -4.66. The SMILES string of the molecule is C[C@H]1OC2(CCN(C(=O)c3ncccc3O)CC2)c2c1n(CC(=O)Nc1ccc(C(F)(F)F)cc1Cl)c1nc(-c3ccc(S(=O)(=O)N(C)C)cc3)nn1c2=O. The summed E-state index contributed by atoms with van der Waals surface area (Å²) in [6.45, 7) is 1.43. The molecule has 20 heteroatoms. The molecule has 0 unspecified atom stereocenters. The number of nitrogens with zero attached hydrogens (tertiary/aromatic N) is 7. The van der Waals surface area contributed by atoms with E-state index in [0.29, 0.717) is 17.3 Å². The number of amides is 2. The van der Waals surface area contributed by atoms with Gasteiger partial charge in [-0.15, -0.1) is 5.10 Å². The van der Waals surface area contributed by atoms with Crippen LogP contribution >= 0.6 is 11.6 Å². The van der Waals surface area contributed by atoms with Crippen LogP contribution in [0.5, 0.6) is 5.75 Å². The Kier molecular flexibility index (Phi) is 9.47. The Morgan fingerprint density at radius 2 is 1.80 bits per heavy atom. The van der Waals surface area contributed by atoms with Crippen molar-refractivity contribution >= 4 is 44.9 Å². The number of carbonyl (C=O) groups excluding carboxylic acids is 2. The first-order chi connectivity index (χ1) is 25.9. The second-order valence-corrected chi connectivity index (χ2v) is 15.8. The summed E-state index contributed by atoms with van der Waals surface area (Å²) in [6.07, 6.45) is -3.75. The predicted octanol–water partition coefficient (Wildman–Crippen LogP) is 4.44. The number of rotatable bonds is 7. The molecule has 15 nitrogen and oxygen atoms in total. The number of nitrogens with one attached hydrogen (secondary N) is 1. The van der Waals surface area contributed by atoms with Crippen molar-refractivity contribution in [2.24, 2.45) is 0 Å². The molecule has 0 saturated carbocycles. The zero-order chi connectivity index (χ0) is 39.6.